The lowest BCUT2D eigenvalue weighted by molar-refractivity contribution is 0.0752. The SMILES string of the molecule is CCN(Cc1ccccc1)C(=O)c1cccc(S(=O)(=O)Nc2ccc(OC)cc2)c1. The standard InChI is InChI=1S/C23H24N2O4S/c1-3-25(17-18-8-5-4-6-9-18)23(26)19-10-7-11-22(16-19)30(27,28)24-20-12-14-21(29-2)15-13-20/h4-16,24H,3,17H2,1-2H3. The molecule has 0 fully saturated rings. The van der Waals surface area contributed by atoms with Gasteiger partial charge in [0.15, 0.2) is 0 Å². The Morgan fingerprint density at radius 1 is 0.967 bits per heavy atom. The molecule has 0 aliphatic carbocycles. The Labute approximate surface area is 177 Å². The van der Waals surface area contributed by atoms with Crippen LogP contribution in [0, 0.1) is 0 Å². The number of sulfonamides is 1. The van der Waals surface area contributed by atoms with E-state index in [1.165, 1.54) is 12.1 Å². The van der Waals surface area contributed by atoms with Crippen LogP contribution in [0.4, 0.5) is 5.69 Å². The summed E-state index contributed by atoms with van der Waals surface area (Å²) in [6.45, 7) is 2.86. The monoisotopic (exact) mass is 424 g/mol. The highest BCUT2D eigenvalue weighted by Gasteiger charge is 2.19. The highest BCUT2D eigenvalue weighted by molar-refractivity contribution is 7.92. The first-order chi connectivity index (χ1) is 14.4. The van der Waals surface area contributed by atoms with Gasteiger partial charge in [-0.1, -0.05) is 36.4 Å². The molecule has 0 aliphatic rings. The summed E-state index contributed by atoms with van der Waals surface area (Å²) in [4.78, 5) is 14.7. The van der Waals surface area contributed by atoms with Crippen LogP contribution in [-0.4, -0.2) is 32.9 Å². The van der Waals surface area contributed by atoms with Crippen molar-refractivity contribution in [3.05, 3.63) is 90.0 Å². The zero-order chi connectivity index (χ0) is 21.6. The maximum atomic E-state index is 13.0. The lowest BCUT2D eigenvalue weighted by atomic mass is 10.1. The van der Waals surface area contributed by atoms with Crippen molar-refractivity contribution < 1.29 is 17.9 Å². The number of hydrogen-bond acceptors (Lipinski definition) is 4. The molecule has 1 N–H and O–H groups in total. The van der Waals surface area contributed by atoms with Crippen molar-refractivity contribution in [2.24, 2.45) is 0 Å². The second-order valence-electron chi connectivity index (χ2n) is 6.67. The number of nitrogens with one attached hydrogen (secondary N) is 1. The quantitative estimate of drug-likeness (QED) is 0.589. The molecule has 0 atom stereocenters. The number of anilines is 1. The molecule has 30 heavy (non-hydrogen) atoms. The lowest BCUT2D eigenvalue weighted by Gasteiger charge is -2.21. The van der Waals surface area contributed by atoms with E-state index < -0.39 is 10.0 Å². The van der Waals surface area contributed by atoms with E-state index in [-0.39, 0.29) is 10.8 Å². The van der Waals surface area contributed by atoms with Gasteiger partial charge < -0.3 is 9.64 Å². The highest BCUT2D eigenvalue weighted by atomic mass is 32.2. The summed E-state index contributed by atoms with van der Waals surface area (Å²) in [5, 5.41) is 0. The normalized spacial score (nSPS) is 11.0. The van der Waals surface area contributed by atoms with Crippen LogP contribution in [0.1, 0.15) is 22.8 Å². The number of carbonyl (C=O) groups excluding carboxylic acids is 1. The Balaban J connectivity index is 1.80. The van der Waals surface area contributed by atoms with Crippen molar-refractivity contribution in [3.63, 3.8) is 0 Å². The molecule has 0 unspecified atom stereocenters. The average molecular weight is 425 g/mol. The number of rotatable bonds is 8. The molecule has 0 saturated carbocycles. The van der Waals surface area contributed by atoms with Gasteiger partial charge in [0.05, 0.1) is 12.0 Å². The van der Waals surface area contributed by atoms with Crippen molar-refractivity contribution in [3.8, 4) is 5.75 Å². The number of hydrogen-bond donors (Lipinski definition) is 1. The van der Waals surface area contributed by atoms with Crippen LogP contribution in [0.25, 0.3) is 0 Å². The summed E-state index contributed by atoms with van der Waals surface area (Å²) >= 11 is 0. The van der Waals surface area contributed by atoms with Gasteiger partial charge in [-0.3, -0.25) is 9.52 Å². The van der Waals surface area contributed by atoms with E-state index in [9.17, 15) is 13.2 Å². The van der Waals surface area contributed by atoms with Crippen LogP contribution in [0.3, 0.4) is 0 Å². The van der Waals surface area contributed by atoms with Crippen molar-refractivity contribution in [1.82, 2.24) is 4.90 Å². The molecular formula is C23H24N2O4S. The molecule has 0 bridgehead atoms. The molecule has 3 aromatic carbocycles. The maximum absolute atomic E-state index is 13.0. The van der Waals surface area contributed by atoms with Crippen LogP contribution in [0.2, 0.25) is 0 Å². The van der Waals surface area contributed by atoms with E-state index in [0.29, 0.717) is 30.1 Å². The van der Waals surface area contributed by atoms with E-state index in [0.717, 1.165) is 5.56 Å². The van der Waals surface area contributed by atoms with Gasteiger partial charge in [0.1, 0.15) is 5.75 Å². The molecule has 6 nitrogen and oxygen atoms in total. The minimum Gasteiger partial charge on any atom is -0.497 e. The smallest absolute Gasteiger partial charge is 0.261 e. The number of amides is 1. The molecule has 0 heterocycles. The molecule has 0 radical (unpaired) electrons. The third-order valence-corrected chi connectivity index (χ3v) is 6.00. The fraction of sp³-hybridized carbons (Fsp3) is 0.174. The topological polar surface area (TPSA) is 75.7 Å². The predicted molar refractivity (Wildman–Crippen MR) is 117 cm³/mol. The third-order valence-electron chi connectivity index (χ3n) is 4.62. The Hall–Kier alpha value is -3.32. The summed E-state index contributed by atoms with van der Waals surface area (Å²) < 4.78 is 33.2. The average Bonchev–Trinajstić information content (AvgIpc) is 2.78. The minimum atomic E-state index is -3.84. The summed E-state index contributed by atoms with van der Waals surface area (Å²) in [5.41, 5.74) is 1.75. The van der Waals surface area contributed by atoms with Crippen molar-refractivity contribution in [1.29, 1.82) is 0 Å². The fourth-order valence-electron chi connectivity index (χ4n) is 2.98. The lowest BCUT2D eigenvalue weighted by Crippen LogP contribution is -2.30. The molecule has 0 aromatic heterocycles. The van der Waals surface area contributed by atoms with Gasteiger partial charge in [-0.25, -0.2) is 8.42 Å². The first kappa shape index (κ1) is 21.4. The zero-order valence-electron chi connectivity index (χ0n) is 16.9. The number of carbonyl (C=O) groups is 1. The van der Waals surface area contributed by atoms with Crippen LogP contribution in [0.5, 0.6) is 5.75 Å². The first-order valence-corrected chi connectivity index (χ1v) is 11.0. The van der Waals surface area contributed by atoms with Gasteiger partial charge >= 0.3 is 0 Å². The molecule has 0 saturated heterocycles. The maximum Gasteiger partial charge on any atom is 0.261 e. The molecule has 156 valence electrons. The number of ether oxygens (including phenoxy) is 1. The Morgan fingerprint density at radius 2 is 1.67 bits per heavy atom. The summed E-state index contributed by atoms with van der Waals surface area (Å²) in [6, 6.07) is 22.3. The summed E-state index contributed by atoms with van der Waals surface area (Å²) in [7, 11) is -2.30. The first-order valence-electron chi connectivity index (χ1n) is 9.53. The van der Waals surface area contributed by atoms with Crippen molar-refractivity contribution >= 4 is 21.6 Å². The van der Waals surface area contributed by atoms with Gasteiger partial charge in [0.2, 0.25) is 0 Å². The molecule has 3 aromatic rings. The van der Waals surface area contributed by atoms with Crippen molar-refractivity contribution in [2.45, 2.75) is 18.4 Å². The van der Waals surface area contributed by atoms with Crippen LogP contribution in [0.15, 0.2) is 83.8 Å². The molecule has 0 spiro atoms. The molecular weight excluding hydrogens is 400 g/mol. The van der Waals surface area contributed by atoms with Gasteiger partial charge in [-0.05, 0) is 55.0 Å². The van der Waals surface area contributed by atoms with E-state index in [1.807, 2.05) is 37.3 Å². The van der Waals surface area contributed by atoms with E-state index >= 15 is 0 Å². The van der Waals surface area contributed by atoms with E-state index in [4.69, 9.17) is 4.74 Å². The largest absolute Gasteiger partial charge is 0.497 e. The van der Waals surface area contributed by atoms with Crippen LogP contribution >= 0.6 is 0 Å². The molecule has 1 amide bonds. The Morgan fingerprint density at radius 3 is 2.30 bits per heavy atom. The number of methoxy groups -OCH3 is 1. The van der Waals surface area contributed by atoms with Crippen LogP contribution in [-0.2, 0) is 16.6 Å². The second kappa shape index (κ2) is 9.45. The van der Waals surface area contributed by atoms with Crippen LogP contribution < -0.4 is 9.46 Å². The zero-order valence-corrected chi connectivity index (χ0v) is 17.7. The van der Waals surface area contributed by atoms with E-state index in [1.54, 1.807) is 48.4 Å². The summed E-state index contributed by atoms with van der Waals surface area (Å²) in [6.07, 6.45) is 0. The Bertz CT molecular complexity index is 1100. The second-order valence-corrected chi connectivity index (χ2v) is 8.35. The molecule has 0 aliphatic heterocycles. The van der Waals surface area contributed by atoms with Gasteiger partial charge in [-0.2, -0.15) is 0 Å². The fourth-order valence-corrected chi connectivity index (χ4v) is 4.09. The molecule has 7 heteroatoms. The predicted octanol–water partition coefficient (Wildman–Crippen LogP) is 4.16. The van der Waals surface area contributed by atoms with Gasteiger partial charge in [0.25, 0.3) is 15.9 Å². The van der Waals surface area contributed by atoms with Crippen molar-refractivity contribution in [2.75, 3.05) is 18.4 Å². The Kier molecular flexibility index (Phi) is 6.74. The van der Waals surface area contributed by atoms with Gasteiger partial charge in [0, 0.05) is 24.3 Å². The number of nitrogens with zero attached hydrogens (tertiary/aromatic N) is 1. The summed E-state index contributed by atoms with van der Waals surface area (Å²) in [5.74, 6) is 0.409. The number of benzene rings is 3. The molecule has 3 rings (SSSR count). The van der Waals surface area contributed by atoms with Gasteiger partial charge in [-0.15, -0.1) is 0 Å². The van der Waals surface area contributed by atoms with E-state index in [2.05, 4.69) is 4.72 Å². The minimum absolute atomic E-state index is 0.0277. The highest BCUT2D eigenvalue weighted by Crippen LogP contribution is 2.21. The third kappa shape index (κ3) is 5.18.